The molecule has 0 N–H and O–H groups in total. The molecule has 2 aliphatic rings. The smallest absolute Gasteiger partial charge is 0.269 e. The highest BCUT2D eigenvalue weighted by Crippen LogP contribution is 2.27. The lowest BCUT2D eigenvalue weighted by Gasteiger charge is -2.35. The molecule has 2 aliphatic heterocycles. The number of rotatable bonds is 5. The first kappa shape index (κ1) is 16.7. The van der Waals surface area contributed by atoms with E-state index in [1.165, 1.54) is 0 Å². The van der Waals surface area contributed by atoms with Crippen LogP contribution in [-0.4, -0.2) is 41.9 Å². The van der Waals surface area contributed by atoms with Crippen LogP contribution in [0.3, 0.4) is 0 Å². The molecule has 0 spiro atoms. The summed E-state index contributed by atoms with van der Waals surface area (Å²) in [7, 11) is 0. The van der Waals surface area contributed by atoms with Crippen LogP contribution in [-0.2, 0) is 4.79 Å². The van der Waals surface area contributed by atoms with Crippen LogP contribution in [0, 0.1) is 16.0 Å². The normalized spacial score (nSPS) is 19.6. The number of nitro benzene ring substituents is 1. The summed E-state index contributed by atoms with van der Waals surface area (Å²) in [6.45, 7) is 3.80. The van der Waals surface area contributed by atoms with Gasteiger partial charge in [0.1, 0.15) is 0 Å². The van der Waals surface area contributed by atoms with E-state index in [0.29, 0.717) is 11.8 Å². The lowest BCUT2D eigenvalue weighted by Crippen LogP contribution is -2.38. The Morgan fingerprint density at radius 2 is 1.79 bits per heavy atom. The Bertz CT molecular complexity index is 580. The summed E-state index contributed by atoms with van der Waals surface area (Å²) < 4.78 is 0. The molecule has 2 saturated heterocycles. The maximum absolute atomic E-state index is 11.8. The van der Waals surface area contributed by atoms with Crippen molar-refractivity contribution in [2.24, 2.45) is 5.92 Å². The van der Waals surface area contributed by atoms with Crippen LogP contribution in [0.5, 0.6) is 0 Å². The van der Waals surface area contributed by atoms with Crippen molar-refractivity contribution in [3.8, 4) is 0 Å². The zero-order valence-corrected chi connectivity index (χ0v) is 14.0. The van der Waals surface area contributed by atoms with Crippen LogP contribution < -0.4 is 4.90 Å². The highest BCUT2D eigenvalue weighted by atomic mass is 16.6. The van der Waals surface area contributed by atoms with Crippen LogP contribution in [0.25, 0.3) is 0 Å². The zero-order valence-electron chi connectivity index (χ0n) is 14.0. The average molecular weight is 331 g/mol. The lowest BCUT2D eigenvalue weighted by atomic mass is 9.92. The van der Waals surface area contributed by atoms with Gasteiger partial charge in [-0.2, -0.15) is 0 Å². The minimum atomic E-state index is -0.363. The Kier molecular flexibility index (Phi) is 5.33. The number of amides is 1. The Morgan fingerprint density at radius 1 is 1.08 bits per heavy atom. The van der Waals surface area contributed by atoms with Gasteiger partial charge >= 0.3 is 0 Å². The van der Waals surface area contributed by atoms with E-state index in [2.05, 4.69) is 4.90 Å². The number of nitrogens with zero attached hydrogens (tertiary/aromatic N) is 3. The minimum absolute atomic E-state index is 0.139. The molecule has 0 aromatic heterocycles. The molecular formula is C18H25N3O3. The van der Waals surface area contributed by atoms with Gasteiger partial charge in [0, 0.05) is 50.4 Å². The quantitative estimate of drug-likeness (QED) is 0.614. The Morgan fingerprint density at radius 3 is 2.42 bits per heavy atom. The van der Waals surface area contributed by atoms with Crippen LogP contribution in [0.2, 0.25) is 0 Å². The Balaban J connectivity index is 1.45. The highest BCUT2D eigenvalue weighted by Gasteiger charge is 2.23. The first-order chi connectivity index (χ1) is 11.6. The first-order valence-corrected chi connectivity index (χ1v) is 8.90. The number of nitro groups is 1. The second-order valence-corrected chi connectivity index (χ2v) is 6.83. The van der Waals surface area contributed by atoms with Crippen molar-refractivity contribution in [3.05, 3.63) is 34.4 Å². The predicted octanol–water partition coefficient (Wildman–Crippen LogP) is 3.21. The van der Waals surface area contributed by atoms with Gasteiger partial charge in [-0.3, -0.25) is 14.9 Å². The number of piperidine rings is 2. The molecule has 0 radical (unpaired) electrons. The molecule has 0 aliphatic carbocycles. The summed E-state index contributed by atoms with van der Waals surface area (Å²) in [6.07, 6.45) is 6.25. The summed E-state index contributed by atoms with van der Waals surface area (Å²) in [4.78, 5) is 26.5. The fourth-order valence-corrected chi connectivity index (χ4v) is 3.70. The first-order valence-electron chi connectivity index (χ1n) is 8.90. The van der Waals surface area contributed by atoms with Gasteiger partial charge in [0.2, 0.25) is 5.91 Å². The number of likely N-dealkylation sites (tertiary alicyclic amines) is 1. The lowest BCUT2D eigenvalue weighted by molar-refractivity contribution is -0.384. The number of non-ortho nitro benzene ring substituents is 1. The van der Waals surface area contributed by atoms with Crippen molar-refractivity contribution in [1.29, 1.82) is 0 Å². The molecule has 6 heteroatoms. The monoisotopic (exact) mass is 331 g/mol. The van der Waals surface area contributed by atoms with Gasteiger partial charge in [0.15, 0.2) is 0 Å². The average Bonchev–Trinajstić information content (AvgIpc) is 2.62. The molecule has 0 saturated carbocycles. The molecule has 0 unspecified atom stereocenters. The second-order valence-electron chi connectivity index (χ2n) is 6.83. The van der Waals surface area contributed by atoms with E-state index < -0.39 is 0 Å². The van der Waals surface area contributed by atoms with Crippen LogP contribution in [0.4, 0.5) is 11.4 Å². The molecule has 1 amide bonds. The molecule has 6 nitrogen and oxygen atoms in total. The molecule has 0 atom stereocenters. The van der Waals surface area contributed by atoms with Gasteiger partial charge in [0.05, 0.1) is 4.92 Å². The Labute approximate surface area is 142 Å². The van der Waals surface area contributed by atoms with Gasteiger partial charge < -0.3 is 9.80 Å². The molecule has 130 valence electrons. The largest absolute Gasteiger partial charge is 0.372 e. The SMILES string of the molecule is O=C1CCCCN1CCC1CCN(c2ccc([N+](=O)[O-])cc2)CC1. The third-order valence-corrected chi connectivity index (χ3v) is 5.27. The van der Waals surface area contributed by atoms with Gasteiger partial charge in [-0.25, -0.2) is 0 Å². The molecule has 24 heavy (non-hydrogen) atoms. The molecule has 2 fully saturated rings. The fourth-order valence-electron chi connectivity index (χ4n) is 3.70. The van der Waals surface area contributed by atoms with Crippen molar-refractivity contribution in [2.75, 3.05) is 31.1 Å². The van der Waals surface area contributed by atoms with Crippen LogP contribution >= 0.6 is 0 Å². The van der Waals surface area contributed by atoms with Gasteiger partial charge in [-0.1, -0.05) is 0 Å². The third-order valence-electron chi connectivity index (χ3n) is 5.27. The van der Waals surface area contributed by atoms with Gasteiger partial charge in [-0.05, 0) is 50.2 Å². The summed E-state index contributed by atoms with van der Waals surface area (Å²) in [6, 6.07) is 6.82. The van der Waals surface area contributed by atoms with E-state index in [-0.39, 0.29) is 10.6 Å². The second kappa shape index (κ2) is 7.64. The summed E-state index contributed by atoms with van der Waals surface area (Å²) in [5, 5.41) is 10.7. The van der Waals surface area contributed by atoms with Crippen molar-refractivity contribution in [1.82, 2.24) is 4.90 Å². The third kappa shape index (κ3) is 4.04. The number of benzene rings is 1. The van der Waals surface area contributed by atoms with E-state index in [1.54, 1.807) is 12.1 Å². The summed E-state index contributed by atoms with van der Waals surface area (Å²) in [5.74, 6) is 0.999. The number of hydrogen-bond donors (Lipinski definition) is 0. The maximum Gasteiger partial charge on any atom is 0.269 e. The van der Waals surface area contributed by atoms with Gasteiger partial charge in [-0.15, -0.1) is 0 Å². The zero-order chi connectivity index (χ0) is 16.9. The van der Waals surface area contributed by atoms with E-state index in [1.807, 2.05) is 17.0 Å². The maximum atomic E-state index is 11.8. The topological polar surface area (TPSA) is 66.7 Å². The molecule has 2 heterocycles. The fraction of sp³-hybridized carbons (Fsp3) is 0.611. The number of hydrogen-bond acceptors (Lipinski definition) is 4. The number of carbonyl (C=O) groups excluding carboxylic acids is 1. The number of carbonyl (C=O) groups is 1. The van der Waals surface area contributed by atoms with Crippen LogP contribution in [0.15, 0.2) is 24.3 Å². The number of anilines is 1. The van der Waals surface area contributed by atoms with E-state index in [4.69, 9.17) is 0 Å². The predicted molar refractivity (Wildman–Crippen MR) is 93.1 cm³/mol. The van der Waals surface area contributed by atoms with Crippen molar-refractivity contribution < 1.29 is 9.72 Å². The molecular weight excluding hydrogens is 306 g/mol. The molecule has 1 aromatic carbocycles. The molecule has 0 bridgehead atoms. The van der Waals surface area contributed by atoms with Gasteiger partial charge in [0.25, 0.3) is 5.69 Å². The minimum Gasteiger partial charge on any atom is -0.372 e. The van der Waals surface area contributed by atoms with E-state index in [0.717, 1.165) is 70.4 Å². The summed E-state index contributed by atoms with van der Waals surface area (Å²) in [5.41, 5.74) is 1.20. The summed E-state index contributed by atoms with van der Waals surface area (Å²) >= 11 is 0. The van der Waals surface area contributed by atoms with E-state index in [9.17, 15) is 14.9 Å². The van der Waals surface area contributed by atoms with Crippen molar-refractivity contribution >= 4 is 17.3 Å². The van der Waals surface area contributed by atoms with E-state index >= 15 is 0 Å². The van der Waals surface area contributed by atoms with Crippen molar-refractivity contribution in [3.63, 3.8) is 0 Å². The van der Waals surface area contributed by atoms with Crippen molar-refractivity contribution in [2.45, 2.75) is 38.5 Å². The molecule has 1 aromatic rings. The van der Waals surface area contributed by atoms with Crippen LogP contribution in [0.1, 0.15) is 38.5 Å². The molecule has 3 rings (SSSR count). The highest BCUT2D eigenvalue weighted by molar-refractivity contribution is 5.76. The standard InChI is InChI=1S/C18H25N3O3/c22-18-3-1-2-11-20(18)14-10-15-8-12-19(13-9-15)16-4-6-17(7-5-16)21(23)24/h4-7,15H,1-3,8-14H2. The Hall–Kier alpha value is -2.11.